The van der Waals surface area contributed by atoms with E-state index in [9.17, 15) is 9.59 Å². The lowest BCUT2D eigenvalue weighted by molar-refractivity contribution is -0.121. The third-order valence-electron chi connectivity index (χ3n) is 3.91. The predicted octanol–water partition coefficient (Wildman–Crippen LogP) is 4.28. The Balaban J connectivity index is 1.88. The number of nitrogens with one attached hydrogen (secondary N) is 2. The molecule has 2 aromatic rings. The number of aryl methyl sites for hydroxylation is 4. The van der Waals surface area contributed by atoms with Crippen molar-refractivity contribution in [3.63, 3.8) is 0 Å². The minimum Gasteiger partial charge on any atom is -0.326 e. The van der Waals surface area contributed by atoms with Gasteiger partial charge in [0.2, 0.25) is 11.8 Å². The van der Waals surface area contributed by atoms with Crippen molar-refractivity contribution in [1.82, 2.24) is 0 Å². The van der Waals surface area contributed by atoms with Crippen LogP contribution >= 0.6 is 0 Å². The van der Waals surface area contributed by atoms with E-state index in [1.54, 1.807) is 0 Å². The molecule has 0 heterocycles. The Bertz CT molecular complexity index is 701. The fourth-order valence-electron chi connectivity index (χ4n) is 2.39. The molecule has 0 aromatic heterocycles. The second-order valence-electron chi connectivity index (χ2n) is 6.23. The highest BCUT2D eigenvalue weighted by Gasteiger charge is 2.10. The molecule has 2 rings (SSSR count). The molecule has 2 amide bonds. The van der Waals surface area contributed by atoms with E-state index in [0.717, 1.165) is 33.6 Å². The summed E-state index contributed by atoms with van der Waals surface area (Å²) in [7, 11) is 0. The van der Waals surface area contributed by atoms with Gasteiger partial charge in [0, 0.05) is 24.2 Å². The Morgan fingerprint density at radius 3 is 1.46 bits per heavy atom. The molecule has 0 aliphatic rings. The van der Waals surface area contributed by atoms with E-state index < -0.39 is 0 Å². The number of benzene rings is 2. The quantitative estimate of drug-likeness (QED) is 0.862. The second kappa shape index (κ2) is 7.77. The number of hydrogen-bond donors (Lipinski definition) is 2. The highest BCUT2D eigenvalue weighted by molar-refractivity contribution is 5.97. The van der Waals surface area contributed by atoms with Gasteiger partial charge in [-0.25, -0.2) is 0 Å². The van der Waals surface area contributed by atoms with E-state index >= 15 is 0 Å². The van der Waals surface area contributed by atoms with Gasteiger partial charge in [0.25, 0.3) is 0 Å². The van der Waals surface area contributed by atoms with Crippen LogP contribution in [-0.2, 0) is 9.59 Å². The highest BCUT2D eigenvalue weighted by atomic mass is 16.2. The van der Waals surface area contributed by atoms with Gasteiger partial charge >= 0.3 is 0 Å². The van der Waals surface area contributed by atoms with E-state index in [4.69, 9.17) is 0 Å². The third-order valence-corrected chi connectivity index (χ3v) is 3.91. The monoisotopic (exact) mass is 324 g/mol. The summed E-state index contributed by atoms with van der Waals surface area (Å²) in [6.07, 6.45) is 0.314. The van der Waals surface area contributed by atoms with Gasteiger partial charge in [-0.3, -0.25) is 9.59 Å². The van der Waals surface area contributed by atoms with Crippen LogP contribution in [0.3, 0.4) is 0 Å². The van der Waals surface area contributed by atoms with Crippen molar-refractivity contribution in [2.24, 2.45) is 0 Å². The van der Waals surface area contributed by atoms with Crippen LogP contribution in [0.25, 0.3) is 0 Å². The molecule has 0 aliphatic heterocycles. The Morgan fingerprint density at radius 2 is 1.08 bits per heavy atom. The molecule has 0 spiro atoms. The van der Waals surface area contributed by atoms with Crippen molar-refractivity contribution in [2.75, 3.05) is 10.6 Å². The first kappa shape index (κ1) is 17.7. The lowest BCUT2D eigenvalue weighted by atomic mass is 10.1. The first-order valence-corrected chi connectivity index (χ1v) is 8.09. The van der Waals surface area contributed by atoms with Crippen molar-refractivity contribution in [2.45, 2.75) is 40.5 Å². The number of hydrogen-bond acceptors (Lipinski definition) is 2. The van der Waals surface area contributed by atoms with E-state index in [-0.39, 0.29) is 24.7 Å². The normalized spacial score (nSPS) is 10.3. The maximum atomic E-state index is 12.1. The highest BCUT2D eigenvalue weighted by Crippen LogP contribution is 2.18. The largest absolute Gasteiger partial charge is 0.326 e. The van der Waals surface area contributed by atoms with Crippen LogP contribution in [0.5, 0.6) is 0 Å². The summed E-state index contributed by atoms with van der Waals surface area (Å²) in [4.78, 5) is 24.1. The van der Waals surface area contributed by atoms with Crippen LogP contribution in [0.1, 0.15) is 35.1 Å². The van der Waals surface area contributed by atoms with Gasteiger partial charge in [0.05, 0.1) is 0 Å². The molecular formula is C20H24N2O2. The minimum absolute atomic E-state index is 0.153. The standard InChI is InChI=1S/C20H24N2O2/c1-13-5-7-15(3)17(11-13)21-19(23)9-10-20(24)22-18-12-14(2)6-8-16(18)4/h5-8,11-12H,9-10H2,1-4H3,(H,21,23)(H,22,24). The van der Waals surface area contributed by atoms with Crippen molar-refractivity contribution >= 4 is 23.2 Å². The van der Waals surface area contributed by atoms with Crippen LogP contribution in [0.15, 0.2) is 36.4 Å². The average Bonchev–Trinajstić information content (AvgIpc) is 2.52. The Kier molecular flexibility index (Phi) is 5.74. The maximum absolute atomic E-state index is 12.1. The number of carbonyl (C=O) groups is 2. The Labute approximate surface area is 143 Å². The van der Waals surface area contributed by atoms with Crippen molar-refractivity contribution in [3.8, 4) is 0 Å². The van der Waals surface area contributed by atoms with E-state index in [2.05, 4.69) is 10.6 Å². The summed E-state index contributed by atoms with van der Waals surface area (Å²) in [5.41, 5.74) is 5.79. The number of rotatable bonds is 5. The van der Waals surface area contributed by atoms with Crippen LogP contribution in [-0.4, -0.2) is 11.8 Å². The first-order valence-electron chi connectivity index (χ1n) is 8.09. The van der Waals surface area contributed by atoms with Gasteiger partial charge in [0.15, 0.2) is 0 Å². The lowest BCUT2D eigenvalue weighted by Gasteiger charge is -2.11. The molecule has 126 valence electrons. The molecular weight excluding hydrogens is 300 g/mol. The zero-order valence-electron chi connectivity index (χ0n) is 14.7. The maximum Gasteiger partial charge on any atom is 0.224 e. The molecule has 2 aromatic carbocycles. The second-order valence-corrected chi connectivity index (χ2v) is 6.23. The molecule has 0 atom stereocenters. The predicted molar refractivity (Wildman–Crippen MR) is 98.3 cm³/mol. The van der Waals surface area contributed by atoms with Gasteiger partial charge in [-0.15, -0.1) is 0 Å². The van der Waals surface area contributed by atoms with Gasteiger partial charge in [0.1, 0.15) is 0 Å². The topological polar surface area (TPSA) is 58.2 Å². The van der Waals surface area contributed by atoms with Crippen molar-refractivity contribution in [3.05, 3.63) is 58.7 Å². The molecule has 0 fully saturated rings. The summed E-state index contributed by atoms with van der Waals surface area (Å²) < 4.78 is 0. The number of anilines is 2. The van der Waals surface area contributed by atoms with E-state index in [1.807, 2.05) is 64.1 Å². The Morgan fingerprint density at radius 1 is 0.708 bits per heavy atom. The average molecular weight is 324 g/mol. The summed E-state index contributed by atoms with van der Waals surface area (Å²) in [5.74, 6) is -0.306. The molecule has 0 aliphatic carbocycles. The van der Waals surface area contributed by atoms with Crippen LogP contribution < -0.4 is 10.6 Å². The molecule has 0 saturated carbocycles. The summed E-state index contributed by atoms with van der Waals surface area (Å²) >= 11 is 0. The van der Waals surface area contributed by atoms with Crippen LogP contribution in [0.4, 0.5) is 11.4 Å². The zero-order chi connectivity index (χ0) is 17.7. The zero-order valence-corrected chi connectivity index (χ0v) is 14.7. The number of carbonyl (C=O) groups excluding carboxylic acids is 2. The SMILES string of the molecule is Cc1ccc(C)c(NC(=O)CCC(=O)Nc2cc(C)ccc2C)c1. The van der Waals surface area contributed by atoms with E-state index in [1.165, 1.54) is 0 Å². The van der Waals surface area contributed by atoms with Gasteiger partial charge < -0.3 is 10.6 Å². The summed E-state index contributed by atoms with van der Waals surface area (Å²) in [6.45, 7) is 7.85. The van der Waals surface area contributed by atoms with E-state index in [0.29, 0.717) is 0 Å². The smallest absolute Gasteiger partial charge is 0.224 e. The summed E-state index contributed by atoms with van der Waals surface area (Å²) in [6, 6.07) is 11.8. The minimum atomic E-state index is -0.153. The molecule has 2 N–H and O–H groups in total. The van der Waals surface area contributed by atoms with Crippen molar-refractivity contribution in [1.29, 1.82) is 0 Å². The molecule has 4 heteroatoms. The fraction of sp³-hybridized carbons (Fsp3) is 0.300. The lowest BCUT2D eigenvalue weighted by Crippen LogP contribution is -2.18. The molecule has 24 heavy (non-hydrogen) atoms. The van der Waals surface area contributed by atoms with Gasteiger partial charge in [-0.1, -0.05) is 24.3 Å². The number of amides is 2. The van der Waals surface area contributed by atoms with Gasteiger partial charge in [-0.05, 0) is 62.1 Å². The fourth-order valence-corrected chi connectivity index (χ4v) is 2.39. The molecule has 4 nitrogen and oxygen atoms in total. The van der Waals surface area contributed by atoms with Crippen molar-refractivity contribution < 1.29 is 9.59 Å². The van der Waals surface area contributed by atoms with Crippen LogP contribution in [0, 0.1) is 27.7 Å². The van der Waals surface area contributed by atoms with Gasteiger partial charge in [-0.2, -0.15) is 0 Å². The first-order chi connectivity index (χ1) is 11.3. The molecule has 0 radical (unpaired) electrons. The Hall–Kier alpha value is -2.62. The molecule has 0 bridgehead atoms. The molecule has 0 unspecified atom stereocenters. The summed E-state index contributed by atoms with van der Waals surface area (Å²) in [5, 5.41) is 5.74. The molecule has 0 saturated heterocycles. The van der Waals surface area contributed by atoms with Crippen LogP contribution in [0.2, 0.25) is 0 Å². The third kappa shape index (κ3) is 4.95.